The van der Waals surface area contributed by atoms with Crippen molar-refractivity contribution in [1.82, 2.24) is 5.01 Å². The minimum absolute atomic E-state index is 0.165. The van der Waals surface area contributed by atoms with Gasteiger partial charge in [-0.2, -0.15) is 10.1 Å². The first-order chi connectivity index (χ1) is 14.6. The highest BCUT2D eigenvalue weighted by molar-refractivity contribution is 9.10. The second kappa shape index (κ2) is 7.84. The number of carbonyl (C=O) groups excluding carboxylic acids is 2. The SMILES string of the molecule is O=C1[C@H]2[C@H](C(=O)N1/N=C\c1ccccc1OCc1ccc(Br)cc1)[C@H]1C=C[C@H]2CC1. The van der Waals surface area contributed by atoms with Gasteiger partial charge >= 0.3 is 0 Å². The van der Waals surface area contributed by atoms with Crippen molar-refractivity contribution in [2.45, 2.75) is 19.4 Å². The summed E-state index contributed by atoms with van der Waals surface area (Å²) in [7, 11) is 0. The Morgan fingerprint density at radius 3 is 2.23 bits per heavy atom. The van der Waals surface area contributed by atoms with E-state index in [1.54, 1.807) is 6.21 Å². The smallest absolute Gasteiger partial charge is 0.254 e. The minimum Gasteiger partial charge on any atom is -0.488 e. The van der Waals surface area contributed by atoms with Gasteiger partial charge in [0.05, 0.1) is 18.1 Å². The number of halogens is 1. The summed E-state index contributed by atoms with van der Waals surface area (Å²) in [6, 6.07) is 15.4. The van der Waals surface area contributed by atoms with Gasteiger partial charge in [-0.1, -0.05) is 52.3 Å². The van der Waals surface area contributed by atoms with Crippen molar-refractivity contribution in [1.29, 1.82) is 0 Å². The van der Waals surface area contributed by atoms with E-state index in [4.69, 9.17) is 4.74 Å². The molecule has 2 bridgehead atoms. The van der Waals surface area contributed by atoms with Gasteiger partial charge in [-0.25, -0.2) is 0 Å². The maximum absolute atomic E-state index is 12.9. The van der Waals surface area contributed by atoms with Crippen LogP contribution in [0.1, 0.15) is 24.0 Å². The zero-order valence-electron chi connectivity index (χ0n) is 16.3. The van der Waals surface area contributed by atoms with E-state index in [0.29, 0.717) is 12.4 Å². The molecule has 5 nitrogen and oxygen atoms in total. The molecule has 4 aliphatic rings. The van der Waals surface area contributed by atoms with Gasteiger partial charge < -0.3 is 4.74 Å². The molecule has 1 saturated heterocycles. The fourth-order valence-corrected chi connectivity index (χ4v) is 5.02. The molecule has 2 aromatic carbocycles. The Bertz CT molecular complexity index is 1010. The van der Waals surface area contributed by atoms with Crippen LogP contribution in [0.3, 0.4) is 0 Å². The topological polar surface area (TPSA) is 59.0 Å². The van der Waals surface area contributed by atoms with Crippen LogP contribution in [0.25, 0.3) is 0 Å². The van der Waals surface area contributed by atoms with E-state index < -0.39 is 0 Å². The van der Waals surface area contributed by atoms with Crippen LogP contribution in [0.4, 0.5) is 0 Å². The Labute approximate surface area is 183 Å². The lowest BCUT2D eigenvalue weighted by Crippen LogP contribution is -2.38. The van der Waals surface area contributed by atoms with E-state index in [1.807, 2.05) is 48.5 Å². The predicted molar refractivity (Wildman–Crippen MR) is 117 cm³/mol. The zero-order valence-corrected chi connectivity index (χ0v) is 17.9. The monoisotopic (exact) mass is 464 g/mol. The number of hydrogen-bond donors (Lipinski definition) is 0. The van der Waals surface area contributed by atoms with E-state index >= 15 is 0 Å². The number of benzene rings is 2. The average Bonchev–Trinajstić information content (AvgIpc) is 3.05. The molecule has 1 heterocycles. The first-order valence-corrected chi connectivity index (χ1v) is 11.0. The number of ether oxygens (including phenoxy) is 1. The lowest BCUT2D eigenvalue weighted by atomic mass is 9.63. The molecule has 0 aromatic heterocycles. The number of para-hydroxylation sites is 1. The first kappa shape index (κ1) is 19.2. The molecule has 6 rings (SSSR count). The van der Waals surface area contributed by atoms with Crippen molar-refractivity contribution in [3.63, 3.8) is 0 Å². The van der Waals surface area contributed by atoms with E-state index in [0.717, 1.165) is 33.5 Å². The van der Waals surface area contributed by atoms with E-state index in [2.05, 4.69) is 33.2 Å². The third kappa shape index (κ3) is 3.39. The minimum atomic E-state index is -0.248. The van der Waals surface area contributed by atoms with Gasteiger partial charge in [0.15, 0.2) is 0 Å². The van der Waals surface area contributed by atoms with Gasteiger partial charge in [-0.15, -0.1) is 0 Å². The van der Waals surface area contributed by atoms with E-state index in [-0.39, 0.29) is 35.5 Å². The second-order valence-corrected chi connectivity index (χ2v) is 8.94. The molecule has 0 radical (unpaired) electrons. The van der Waals surface area contributed by atoms with Crippen molar-refractivity contribution in [2.24, 2.45) is 28.8 Å². The maximum Gasteiger partial charge on any atom is 0.254 e. The molecular formula is C24H21BrN2O3. The fraction of sp³-hybridized carbons (Fsp3) is 0.292. The van der Waals surface area contributed by atoms with Gasteiger partial charge in [0.25, 0.3) is 11.8 Å². The summed E-state index contributed by atoms with van der Waals surface area (Å²) < 4.78 is 6.98. The molecule has 2 aromatic rings. The molecule has 3 aliphatic carbocycles. The Hall–Kier alpha value is -2.73. The summed E-state index contributed by atoms with van der Waals surface area (Å²) in [5, 5.41) is 5.38. The summed E-state index contributed by atoms with van der Waals surface area (Å²) in [5.41, 5.74) is 1.77. The summed E-state index contributed by atoms with van der Waals surface area (Å²) in [6.07, 6.45) is 7.73. The van der Waals surface area contributed by atoms with Crippen LogP contribution < -0.4 is 4.74 Å². The van der Waals surface area contributed by atoms with Crippen LogP contribution in [-0.4, -0.2) is 23.0 Å². The summed E-state index contributed by atoms with van der Waals surface area (Å²) >= 11 is 3.43. The molecule has 0 spiro atoms. The lowest BCUT2D eigenvalue weighted by Gasteiger charge is -2.37. The van der Waals surface area contributed by atoms with Crippen LogP contribution in [0.5, 0.6) is 5.75 Å². The number of allylic oxidation sites excluding steroid dienone is 2. The Balaban J connectivity index is 1.33. The zero-order chi connectivity index (χ0) is 20.7. The van der Waals surface area contributed by atoms with Crippen molar-refractivity contribution in [3.8, 4) is 5.75 Å². The van der Waals surface area contributed by atoms with Crippen LogP contribution in [0.2, 0.25) is 0 Å². The van der Waals surface area contributed by atoms with E-state index in [1.165, 1.54) is 0 Å². The molecule has 6 heteroatoms. The Kier molecular flexibility index (Phi) is 5.03. The molecule has 152 valence electrons. The number of rotatable bonds is 5. The molecule has 2 amide bonds. The molecule has 0 unspecified atom stereocenters. The molecule has 2 fully saturated rings. The maximum atomic E-state index is 12.9. The second-order valence-electron chi connectivity index (χ2n) is 8.03. The number of amides is 2. The Morgan fingerprint density at radius 1 is 0.967 bits per heavy atom. The number of carbonyl (C=O) groups is 2. The molecular weight excluding hydrogens is 444 g/mol. The highest BCUT2D eigenvalue weighted by Gasteiger charge is 2.56. The number of fused-ring (bicyclic) bond motifs is 1. The lowest BCUT2D eigenvalue weighted by molar-refractivity contribution is -0.140. The van der Waals surface area contributed by atoms with Crippen LogP contribution in [-0.2, 0) is 16.2 Å². The van der Waals surface area contributed by atoms with Crippen LogP contribution >= 0.6 is 15.9 Å². The number of hydrogen-bond acceptors (Lipinski definition) is 4. The van der Waals surface area contributed by atoms with Crippen molar-refractivity contribution < 1.29 is 14.3 Å². The predicted octanol–water partition coefficient (Wildman–Crippen LogP) is 4.56. The molecule has 1 aliphatic heterocycles. The third-order valence-electron chi connectivity index (χ3n) is 6.27. The third-order valence-corrected chi connectivity index (χ3v) is 6.80. The number of imide groups is 1. The van der Waals surface area contributed by atoms with Crippen LogP contribution in [0, 0.1) is 23.7 Å². The van der Waals surface area contributed by atoms with Gasteiger partial charge in [0.2, 0.25) is 0 Å². The fourth-order valence-electron chi connectivity index (χ4n) is 4.75. The quantitative estimate of drug-likeness (QED) is 0.370. The molecule has 1 saturated carbocycles. The van der Waals surface area contributed by atoms with Crippen molar-refractivity contribution in [3.05, 3.63) is 76.3 Å². The van der Waals surface area contributed by atoms with Gasteiger partial charge in [-0.3, -0.25) is 9.59 Å². The number of hydrazone groups is 1. The summed E-state index contributed by atoms with van der Waals surface area (Å²) in [6.45, 7) is 0.416. The number of nitrogens with zero attached hydrogens (tertiary/aromatic N) is 2. The first-order valence-electron chi connectivity index (χ1n) is 10.2. The largest absolute Gasteiger partial charge is 0.488 e. The summed E-state index contributed by atoms with van der Waals surface area (Å²) in [5.74, 6) is 0.144. The van der Waals surface area contributed by atoms with E-state index in [9.17, 15) is 9.59 Å². The summed E-state index contributed by atoms with van der Waals surface area (Å²) in [4.78, 5) is 25.8. The van der Waals surface area contributed by atoms with Gasteiger partial charge in [-0.05, 0) is 54.5 Å². The molecule has 4 atom stereocenters. The average molecular weight is 465 g/mol. The van der Waals surface area contributed by atoms with Crippen LogP contribution in [0.15, 0.2) is 70.3 Å². The normalized spacial score (nSPS) is 27.2. The Morgan fingerprint density at radius 2 is 1.60 bits per heavy atom. The van der Waals surface area contributed by atoms with Gasteiger partial charge in [0, 0.05) is 10.0 Å². The molecule has 30 heavy (non-hydrogen) atoms. The highest BCUT2D eigenvalue weighted by Crippen LogP contribution is 2.49. The van der Waals surface area contributed by atoms with Crippen molar-refractivity contribution >= 4 is 34.0 Å². The van der Waals surface area contributed by atoms with Gasteiger partial charge in [0.1, 0.15) is 12.4 Å². The highest BCUT2D eigenvalue weighted by atomic mass is 79.9. The standard InChI is InChI=1S/C24H21BrN2O3/c25-19-11-5-15(6-12-19)14-30-20-4-2-1-3-18(20)13-26-27-23(28)21-16-7-8-17(10-9-16)22(21)24(27)29/h1-8,11-13,16-17,21-22H,9-10,14H2/b26-13-/t16-,17-,21+,22+/m0/s1. The molecule has 0 N–H and O–H groups in total. The van der Waals surface area contributed by atoms with Crippen molar-refractivity contribution in [2.75, 3.05) is 0 Å².